The van der Waals surface area contributed by atoms with Gasteiger partial charge in [-0.05, 0) is 26.0 Å². The molecular formula is C14H20N2O4. The first kappa shape index (κ1) is 14.6. The molecule has 0 aromatic carbocycles. The minimum atomic E-state index is -0.986. The van der Waals surface area contributed by atoms with Crippen LogP contribution < -0.4 is 0 Å². The van der Waals surface area contributed by atoms with E-state index in [1.165, 1.54) is 12.0 Å². The molecule has 0 saturated carbocycles. The highest BCUT2D eigenvalue weighted by atomic mass is 16.5. The molecule has 1 N–H and O–H groups in total. The van der Waals surface area contributed by atoms with Crippen molar-refractivity contribution in [2.75, 3.05) is 13.7 Å². The first-order valence-electron chi connectivity index (χ1n) is 6.69. The second-order valence-electron chi connectivity index (χ2n) is 5.30. The zero-order chi connectivity index (χ0) is 14.9. The Morgan fingerprint density at radius 2 is 2.15 bits per heavy atom. The molecule has 20 heavy (non-hydrogen) atoms. The quantitative estimate of drug-likeness (QED) is 0.904. The molecule has 0 aliphatic carbocycles. The highest BCUT2D eigenvalue weighted by Gasteiger charge is 2.40. The molecule has 2 unspecified atom stereocenters. The summed E-state index contributed by atoms with van der Waals surface area (Å²) < 4.78 is 7.05. The van der Waals surface area contributed by atoms with Crippen LogP contribution in [0.5, 0.6) is 0 Å². The Bertz CT molecular complexity index is 509. The molecule has 1 fully saturated rings. The lowest BCUT2D eigenvalue weighted by molar-refractivity contribution is -0.141. The maximum absolute atomic E-state index is 12.6. The average molecular weight is 280 g/mol. The van der Waals surface area contributed by atoms with E-state index in [4.69, 9.17) is 4.74 Å². The molecule has 0 bridgehead atoms. The van der Waals surface area contributed by atoms with Crippen molar-refractivity contribution >= 4 is 11.9 Å². The third-order valence-corrected chi connectivity index (χ3v) is 3.70. The number of carboxylic acids is 1. The number of hydrogen-bond donors (Lipinski definition) is 1. The molecule has 1 aliphatic rings. The molecule has 1 amide bonds. The predicted molar refractivity (Wildman–Crippen MR) is 72.7 cm³/mol. The summed E-state index contributed by atoms with van der Waals surface area (Å²) in [4.78, 5) is 25.3. The Labute approximate surface area is 117 Å². The molecule has 2 atom stereocenters. The monoisotopic (exact) mass is 280 g/mol. The number of carbonyl (C=O) groups excluding carboxylic acids is 1. The van der Waals surface area contributed by atoms with Crippen molar-refractivity contribution in [3.8, 4) is 0 Å². The summed E-state index contributed by atoms with van der Waals surface area (Å²) >= 11 is 0. The van der Waals surface area contributed by atoms with E-state index in [9.17, 15) is 14.7 Å². The van der Waals surface area contributed by atoms with Crippen LogP contribution in [0, 0.1) is 0 Å². The van der Waals surface area contributed by atoms with Gasteiger partial charge in [0.15, 0.2) is 0 Å². The molecule has 1 saturated heterocycles. The summed E-state index contributed by atoms with van der Waals surface area (Å²) in [5, 5.41) is 9.27. The smallest absolute Gasteiger partial charge is 0.326 e. The lowest BCUT2D eigenvalue weighted by Gasteiger charge is -2.23. The number of rotatable bonds is 4. The number of ether oxygens (including phenoxy) is 1. The highest BCUT2D eigenvalue weighted by molar-refractivity contribution is 5.96. The minimum Gasteiger partial charge on any atom is -0.480 e. The molecule has 1 aliphatic heterocycles. The first-order valence-corrected chi connectivity index (χ1v) is 6.69. The third-order valence-electron chi connectivity index (χ3n) is 3.70. The van der Waals surface area contributed by atoms with Crippen molar-refractivity contribution in [1.82, 2.24) is 9.47 Å². The van der Waals surface area contributed by atoms with Gasteiger partial charge in [-0.3, -0.25) is 4.79 Å². The van der Waals surface area contributed by atoms with E-state index < -0.39 is 12.0 Å². The van der Waals surface area contributed by atoms with Crippen LogP contribution in [-0.4, -0.2) is 52.3 Å². The Balaban J connectivity index is 2.27. The number of carbonyl (C=O) groups is 2. The summed E-state index contributed by atoms with van der Waals surface area (Å²) in [6, 6.07) is 2.85. The topological polar surface area (TPSA) is 71.8 Å². The number of amides is 1. The fraction of sp³-hybridized carbons (Fsp3) is 0.571. The standard InChI is InChI=1S/C14H20N2O4/c1-9(2)15-6-4-5-11(15)13(17)16-8-10(20-3)7-12(16)14(18)19/h4-6,9-10,12H,7-8H2,1-3H3,(H,18,19). The average Bonchev–Trinajstić information content (AvgIpc) is 3.04. The first-order chi connectivity index (χ1) is 9.45. The molecule has 1 aromatic rings. The van der Waals surface area contributed by atoms with Gasteiger partial charge in [0, 0.05) is 32.3 Å². The summed E-state index contributed by atoms with van der Waals surface area (Å²) in [5.41, 5.74) is 0.517. The van der Waals surface area contributed by atoms with Gasteiger partial charge in [0.05, 0.1) is 6.10 Å². The number of nitrogens with zero attached hydrogens (tertiary/aromatic N) is 2. The van der Waals surface area contributed by atoms with Gasteiger partial charge in [-0.1, -0.05) is 0 Å². The van der Waals surface area contributed by atoms with E-state index in [0.717, 1.165) is 0 Å². The maximum atomic E-state index is 12.6. The fourth-order valence-corrected chi connectivity index (χ4v) is 2.60. The molecular weight excluding hydrogens is 260 g/mol. The predicted octanol–water partition coefficient (Wildman–Crippen LogP) is 1.38. The van der Waals surface area contributed by atoms with Gasteiger partial charge in [0.1, 0.15) is 11.7 Å². The number of likely N-dealkylation sites (tertiary alicyclic amines) is 1. The summed E-state index contributed by atoms with van der Waals surface area (Å²) in [5.74, 6) is -1.24. The van der Waals surface area contributed by atoms with Gasteiger partial charge >= 0.3 is 5.97 Å². The van der Waals surface area contributed by atoms with Crippen LogP contribution in [0.2, 0.25) is 0 Å². The van der Waals surface area contributed by atoms with Gasteiger partial charge < -0.3 is 19.3 Å². The minimum absolute atomic E-state index is 0.146. The number of hydrogen-bond acceptors (Lipinski definition) is 3. The number of aliphatic carboxylic acids is 1. The molecule has 0 spiro atoms. The van der Waals surface area contributed by atoms with Crippen LogP contribution in [0.15, 0.2) is 18.3 Å². The number of carboxylic acid groups (broad SMARTS) is 1. The number of aromatic nitrogens is 1. The Morgan fingerprint density at radius 3 is 2.70 bits per heavy atom. The van der Waals surface area contributed by atoms with E-state index in [1.807, 2.05) is 24.6 Å². The van der Waals surface area contributed by atoms with E-state index in [-0.39, 0.29) is 18.1 Å². The second-order valence-corrected chi connectivity index (χ2v) is 5.30. The molecule has 110 valence electrons. The van der Waals surface area contributed by atoms with Crippen LogP contribution in [0.3, 0.4) is 0 Å². The van der Waals surface area contributed by atoms with E-state index in [2.05, 4.69) is 0 Å². The zero-order valence-corrected chi connectivity index (χ0v) is 11.9. The van der Waals surface area contributed by atoms with E-state index in [0.29, 0.717) is 18.7 Å². The molecule has 1 aromatic heterocycles. The van der Waals surface area contributed by atoms with Crippen LogP contribution in [0.1, 0.15) is 36.8 Å². The van der Waals surface area contributed by atoms with Crippen molar-refractivity contribution in [3.05, 3.63) is 24.0 Å². The van der Waals surface area contributed by atoms with Crippen molar-refractivity contribution in [1.29, 1.82) is 0 Å². The van der Waals surface area contributed by atoms with Gasteiger partial charge in [0.2, 0.25) is 0 Å². The van der Waals surface area contributed by atoms with Crippen molar-refractivity contribution in [2.45, 2.75) is 38.5 Å². The van der Waals surface area contributed by atoms with Gasteiger partial charge in [-0.25, -0.2) is 4.79 Å². The molecule has 6 heteroatoms. The van der Waals surface area contributed by atoms with Gasteiger partial charge in [0.25, 0.3) is 5.91 Å². The van der Waals surface area contributed by atoms with Crippen molar-refractivity contribution in [2.24, 2.45) is 0 Å². The Kier molecular flexibility index (Phi) is 4.13. The largest absolute Gasteiger partial charge is 0.480 e. The summed E-state index contributed by atoms with van der Waals surface area (Å²) in [6.45, 7) is 4.27. The summed E-state index contributed by atoms with van der Waals surface area (Å²) in [7, 11) is 1.54. The van der Waals surface area contributed by atoms with Crippen molar-refractivity contribution in [3.63, 3.8) is 0 Å². The molecule has 6 nitrogen and oxygen atoms in total. The fourth-order valence-electron chi connectivity index (χ4n) is 2.60. The van der Waals surface area contributed by atoms with E-state index >= 15 is 0 Å². The van der Waals surface area contributed by atoms with Gasteiger partial charge in [-0.15, -0.1) is 0 Å². The zero-order valence-electron chi connectivity index (χ0n) is 11.9. The lowest BCUT2D eigenvalue weighted by Crippen LogP contribution is -2.41. The van der Waals surface area contributed by atoms with E-state index in [1.54, 1.807) is 12.1 Å². The molecule has 2 rings (SSSR count). The van der Waals surface area contributed by atoms with Crippen LogP contribution in [-0.2, 0) is 9.53 Å². The summed E-state index contributed by atoms with van der Waals surface area (Å²) in [6.07, 6.45) is 1.94. The maximum Gasteiger partial charge on any atom is 0.326 e. The van der Waals surface area contributed by atoms with Crippen molar-refractivity contribution < 1.29 is 19.4 Å². The Morgan fingerprint density at radius 1 is 1.45 bits per heavy atom. The van der Waals surface area contributed by atoms with Crippen LogP contribution >= 0.6 is 0 Å². The van der Waals surface area contributed by atoms with Gasteiger partial charge in [-0.2, -0.15) is 0 Å². The Hall–Kier alpha value is -1.82. The molecule has 2 heterocycles. The second kappa shape index (κ2) is 5.66. The highest BCUT2D eigenvalue weighted by Crippen LogP contribution is 2.23. The molecule has 0 radical (unpaired) electrons. The van der Waals surface area contributed by atoms with Crippen LogP contribution in [0.25, 0.3) is 0 Å². The SMILES string of the molecule is COC1CC(C(=O)O)N(C(=O)c2cccn2C(C)C)C1. The normalized spacial score (nSPS) is 22.5. The third kappa shape index (κ3) is 2.56. The lowest BCUT2D eigenvalue weighted by atomic mass is 10.2. The number of methoxy groups -OCH3 is 1. The van der Waals surface area contributed by atoms with Crippen LogP contribution in [0.4, 0.5) is 0 Å².